The molecule has 0 spiro atoms. The third-order valence-electron chi connectivity index (χ3n) is 4.36. The summed E-state index contributed by atoms with van der Waals surface area (Å²) < 4.78 is 18.7. The summed E-state index contributed by atoms with van der Waals surface area (Å²) in [6, 6.07) is 12.5. The highest BCUT2D eigenvalue weighted by atomic mass is 19.1. The van der Waals surface area contributed by atoms with Gasteiger partial charge in [-0.1, -0.05) is 0 Å². The zero-order chi connectivity index (χ0) is 16.2. The molecule has 1 heterocycles. The van der Waals surface area contributed by atoms with Crippen LogP contribution >= 0.6 is 0 Å². The summed E-state index contributed by atoms with van der Waals surface area (Å²) in [6.07, 6.45) is 0. The Balaban J connectivity index is 1.56. The highest BCUT2D eigenvalue weighted by Crippen LogP contribution is 2.19. The third kappa shape index (κ3) is 3.74. The molecule has 0 bridgehead atoms. The van der Waals surface area contributed by atoms with Crippen LogP contribution in [0.5, 0.6) is 11.5 Å². The number of hydrogen-bond donors (Lipinski definition) is 2. The number of nitrogens with zero attached hydrogens (tertiary/aromatic N) is 1. The van der Waals surface area contributed by atoms with E-state index in [2.05, 4.69) is 4.90 Å². The summed E-state index contributed by atoms with van der Waals surface area (Å²) in [5, 5.41) is 9.36. The normalized spacial score (nSPS) is 15.7. The summed E-state index contributed by atoms with van der Waals surface area (Å²) in [5.41, 5.74) is 2.13. The van der Waals surface area contributed by atoms with Gasteiger partial charge in [0.1, 0.15) is 12.3 Å². The molecular formula is C18H22FN2O2+. The number of aromatic hydroxyl groups is 1. The van der Waals surface area contributed by atoms with E-state index in [1.54, 1.807) is 24.3 Å². The first-order valence-electron chi connectivity index (χ1n) is 7.85. The standard InChI is InChI=1S/C18H21FN2O2/c1-23-18-7-2-14(12-17(18)19)13-20-8-10-21(11-9-20)15-3-5-16(22)6-4-15/h2-7,12,22H,8-11,13H2,1H3/p+1. The number of hydrogen-bond acceptors (Lipinski definition) is 3. The summed E-state index contributed by atoms with van der Waals surface area (Å²) in [5.74, 6) is 0.285. The Kier molecular flexibility index (Phi) is 4.67. The van der Waals surface area contributed by atoms with E-state index in [1.807, 2.05) is 18.2 Å². The van der Waals surface area contributed by atoms with E-state index in [1.165, 1.54) is 12.0 Å². The van der Waals surface area contributed by atoms with Crippen molar-refractivity contribution in [1.82, 2.24) is 0 Å². The van der Waals surface area contributed by atoms with Crippen molar-refractivity contribution in [1.29, 1.82) is 0 Å². The van der Waals surface area contributed by atoms with Crippen LogP contribution in [0, 0.1) is 5.82 Å². The van der Waals surface area contributed by atoms with Gasteiger partial charge in [0.2, 0.25) is 0 Å². The molecule has 5 heteroatoms. The van der Waals surface area contributed by atoms with Crippen LogP contribution in [0.2, 0.25) is 0 Å². The lowest BCUT2D eigenvalue weighted by molar-refractivity contribution is -0.914. The molecule has 0 atom stereocenters. The first kappa shape index (κ1) is 15.6. The Morgan fingerprint density at radius 1 is 1.13 bits per heavy atom. The second-order valence-electron chi connectivity index (χ2n) is 5.90. The SMILES string of the molecule is COc1ccc(C[NH+]2CCN(c3ccc(O)cc3)CC2)cc1F. The highest BCUT2D eigenvalue weighted by molar-refractivity contribution is 5.48. The van der Waals surface area contributed by atoms with E-state index in [4.69, 9.17) is 4.74 Å². The Labute approximate surface area is 135 Å². The largest absolute Gasteiger partial charge is 0.508 e. The van der Waals surface area contributed by atoms with Crippen LogP contribution in [-0.4, -0.2) is 38.4 Å². The van der Waals surface area contributed by atoms with Gasteiger partial charge in [0.25, 0.3) is 0 Å². The first-order chi connectivity index (χ1) is 11.2. The zero-order valence-corrected chi connectivity index (χ0v) is 13.3. The maximum atomic E-state index is 13.8. The lowest BCUT2D eigenvalue weighted by Crippen LogP contribution is -3.13. The van der Waals surface area contributed by atoms with E-state index >= 15 is 0 Å². The van der Waals surface area contributed by atoms with Gasteiger partial charge < -0.3 is 19.6 Å². The molecular weight excluding hydrogens is 295 g/mol. The van der Waals surface area contributed by atoms with E-state index in [9.17, 15) is 9.50 Å². The van der Waals surface area contributed by atoms with Crippen LogP contribution < -0.4 is 14.5 Å². The molecule has 2 aromatic rings. The summed E-state index contributed by atoms with van der Waals surface area (Å²) in [7, 11) is 1.48. The van der Waals surface area contributed by atoms with Gasteiger partial charge in [-0.2, -0.15) is 0 Å². The van der Waals surface area contributed by atoms with Crippen molar-refractivity contribution in [3.63, 3.8) is 0 Å². The molecule has 1 aliphatic rings. The molecule has 122 valence electrons. The number of anilines is 1. The lowest BCUT2D eigenvalue weighted by Gasteiger charge is -2.33. The Morgan fingerprint density at radius 3 is 2.43 bits per heavy atom. The maximum Gasteiger partial charge on any atom is 0.165 e. The van der Waals surface area contributed by atoms with E-state index in [-0.39, 0.29) is 5.82 Å². The fraction of sp³-hybridized carbons (Fsp3) is 0.333. The van der Waals surface area contributed by atoms with Crippen molar-refractivity contribution in [3.05, 3.63) is 53.8 Å². The van der Waals surface area contributed by atoms with Crippen molar-refractivity contribution < 1.29 is 19.1 Å². The average Bonchev–Trinajstić information content (AvgIpc) is 2.57. The van der Waals surface area contributed by atoms with Crippen LogP contribution in [0.1, 0.15) is 5.56 Å². The number of ether oxygens (including phenoxy) is 1. The predicted molar refractivity (Wildman–Crippen MR) is 87.7 cm³/mol. The first-order valence-corrected chi connectivity index (χ1v) is 7.85. The maximum absolute atomic E-state index is 13.8. The van der Waals surface area contributed by atoms with E-state index in [0.29, 0.717) is 11.5 Å². The number of rotatable bonds is 4. The quantitative estimate of drug-likeness (QED) is 0.896. The van der Waals surface area contributed by atoms with Crippen LogP contribution in [-0.2, 0) is 6.54 Å². The number of benzene rings is 2. The number of phenolic OH excluding ortho intramolecular Hbond substituents is 1. The molecule has 2 aromatic carbocycles. The minimum atomic E-state index is -0.299. The number of nitrogens with one attached hydrogen (secondary N) is 1. The molecule has 0 aliphatic carbocycles. The topological polar surface area (TPSA) is 37.1 Å². The zero-order valence-electron chi connectivity index (χ0n) is 13.3. The summed E-state index contributed by atoms with van der Waals surface area (Å²) in [4.78, 5) is 3.77. The molecule has 0 aromatic heterocycles. The van der Waals surface area contributed by atoms with Crippen LogP contribution in [0.4, 0.5) is 10.1 Å². The van der Waals surface area contributed by atoms with E-state index < -0.39 is 0 Å². The van der Waals surface area contributed by atoms with Gasteiger partial charge in [0.15, 0.2) is 11.6 Å². The minimum absolute atomic E-state index is 0.291. The van der Waals surface area contributed by atoms with Crippen molar-refractivity contribution in [2.75, 3.05) is 38.2 Å². The second-order valence-corrected chi connectivity index (χ2v) is 5.90. The van der Waals surface area contributed by atoms with Crippen LogP contribution in [0.3, 0.4) is 0 Å². The third-order valence-corrected chi connectivity index (χ3v) is 4.36. The van der Waals surface area contributed by atoms with Gasteiger partial charge in [-0.15, -0.1) is 0 Å². The smallest absolute Gasteiger partial charge is 0.165 e. The molecule has 0 amide bonds. The van der Waals surface area contributed by atoms with Crippen molar-refractivity contribution in [2.24, 2.45) is 0 Å². The highest BCUT2D eigenvalue weighted by Gasteiger charge is 2.20. The molecule has 0 unspecified atom stereocenters. The summed E-state index contributed by atoms with van der Waals surface area (Å²) in [6.45, 7) is 4.75. The predicted octanol–water partition coefficient (Wildman–Crippen LogP) is 1.44. The van der Waals surface area contributed by atoms with Crippen LogP contribution in [0.15, 0.2) is 42.5 Å². The molecule has 23 heavy (non-hydrogen) atoms. The Morgan fingerprint density at radius 2 is 1.83 bits per heavy atom. The monoisotopic (exact) mass is 317 g/mol. The van der Waals surface area contributed by atoms with Crippen molar-refractivity contribution in [2.45, 2.75) is 6.54 Å². The van der Waals surface area contributed by atoms with Gasteiger partial charge in [-0.25, -0.2) is 4.39 Å². The fourth-order valence-electron chi connectivity index (χ4n) is 3.03. The molecule has 1 saturated heterocycles. The van der Waals surface area contributed by atoms with Gasteiger partial charge in [-0.05, 0) is 42.5 Å². The van der Waals surface area contributed by atoms with Gasteiger partial charge in [0, 0.05) is 11.3 Å². The number of piperazine rings is 1. The molecule has 0 radical (unpaired) electrons. The van der Waals surface area contributed by atoms with Crippen molar-refractivity contribution in [3.8, 4) is 11.5 Å². The molecule has 1 aliphatic heterocycles. The minimum Gasteiger partial charge on any atom is -0.508 e. The van der Waals surface area contributed by atoms with E-state index in [0.717, 1.165) is 44.0 Å². The Bertz CT molecular complexity index is 653. The molecule has 2 N–H and O–H groups in total. The lowest BCUT2D eigenvalue weighted by atomic mass is 10.1. The fourth-order valence-corrected chi connectivity index (χ4v) is 3.03. The Hall–Kier alpha value is -2.27. The number of halogens is 1. The number of phenols is 1. The second kappa shape index (κ2) is 6.87. The summed E-state index contributed by atoms with van der Waals surface area (Å²) >= 11 is 0. The van der Waals surface area contributed by atoms with Crippen LogP contribution in [0.25, 0.3) is 0 Å². The number of quaternary nitrogens is 1. The molecule has 0 saturated carbocycles. The van der Waals surface area contributed by atoms with Gasteiger partial charge in [-0.3, -0.25) is 0 Å². The van der Waals surface area contributed by atoms with Gasteiger partial charge in [0.05, 0.1) is 33.3 Å². The van der Waals surface area contributed by atoms with Gasteiger partial charge >= 0.3 is 0 Å². The van der Waals surface area contributed by atoms with Crippen molar-refractivity contribution >= 4 is 5.69 Å². The molecule has 3 rings (SSSR count). The molecule has 4 nitrogen and oxygen atoms in total. The average molecular weight is 317 g/mol. The number of methoxy groups -OCH3 is 1. The molecule has 1 fully saturated rings.